The molecule has 0 aliphatic carbocycles. The van der Waals surface area contributed by atoms with Crippen LogP contribution in [0, 0.1) is 5.92 Å². The predicted octanol–water partition coefficient (Wildman–Crippen LogP) is 2.66. The number of rotatable bonds is 4. The summed E-state index contributed by atoms with van der Waals surface area (Å²) in [7, 11) is 1.60. The fourth-order valence-electron chi connectivity index (χ4n) is 2.58. The summed E-state index contributed by atoms with van der Waals surface area (Å²) in [6.45, 7) is 3.27. The number of Topliss-reactive ketones (excluding diaryl/α,β-unsaturated/α-hetero) is 1. The summed E-state index contributed by atoms with van der Waals surface area (Å²) in [6.07, 6.45) is 2.85. The molecule has 1 fully saturated rings. The van der Waals surface area contributed by atoms with Crippen molar-refractivity contribution < 1.29 is 9.53 Å². The Morgan fingerprint density at radius 2 is 2.22 bits per heavy atom. The number of para-hydroxylation sites is 1. The van der Waals surface area contributed by atoms with Crippen LogP contribution in [0.2, 0.25) is 0 Å². The Bertz CT molecular complexity index is 417. The van der Waals surface area contributed by atoms with Crippen LogP contribution in [0.3, 0.4) is 0 Å². The van der Waals surface area contributed by atoms with Crippen LogP contribution in [0.15, 0.2) is 24.3 Å². The summed E-state index contributed by atoms with van der Waals surface area (Å²) in [5, 5.41) is 3.43. The molecule has 2 atom stereocenters. The predicted molar refractivity (Wildman–Crippen MR) is 72.1 cm³/mol. The standard InChI is InChI=1S/C15H21NO2/c1-11-7-8-16-12(9-11)10-14(17)13-5-3-4-6-15(13)18-2/h3-6,11-12,16H,7-10H2,1-2H3. The Morgan fingerprint density at radius 1 is 1.44 bits per heavy atom. The van der Waals surface area contributed by atoms with Crippen molar-refractivity contribution in [2.24, 2.45) is 5.92 Å². The van der Waals surface area contributed by atoms with Crippen LogP contribution < -0.4 is 10.1 Å². The molecule has 1 aromatic carbocycles. The topological polar surface area (TPSA) is 38.3 Å². The molecular weight excluding hydrogens is 226 g/mol. The Morgan fingerprint density at radius 3 is 2.94 bits per heavy atom. The maximum Gasteiger partial charge on any atom is 0.168 e. The zero-order valence-electron chi connectivity index (χ0n) is 11.1. The van der Waals surface area contributed by atoms with E-state index in [1.54, 1.807) is 7.11 Å². The number of hydrogen-bond donors (Lipinski definition) is 1. The van der Waals surface area contributed by atoms with Gasteiger partial charge in [0.25, 0.3) is 0 Å². The average Bonchev–Trinajstić information content (AvgIpc) is 2.38. The summed E-state index contributed by atoms with van der Waals surface area (Å²) in [6, 6.07) is 7.76. The van der Waals surface area contributed by atoms with Gasteiger partial charge in [-0.3, -0.25) is 4.79 Å². The first-order chi connectivity index (χ1) is 8.70. The van der Waals surface area contributed by atoms with Gasteiger partial charge in [-0.05, 0) is 37.4 Å². The van der Waals surface area contributed by atoms with E-state index in [1.807, 2.05) is 24.3 Å². The lowest BCUT2D eigenvalue weighted by Crippen LogP contribution is -2.38. The molecule has 0 amide bonds. The van der Waals surface area contributed by atoms with Gasteiger partial charge in [0, 0.05) is 12.5 Å². The highest BCUT2D eigenvalue weighted by molar-refractivity contribution is 5.99. The smallest absolute Gasteiger partial charge is 0.168 e. The molecule has 1 aromatic rings. The molecule has 0 saturated carbocycles. The Labute approximate surface area is 109 Å². The second-order valence-corrected chi connectivity index (χ2v) is 5.11. The maximum absolute atomic E-state index is 12.3. The highest BCUT2D eigenvalue weighted by Crippen LogP contribution is 2.23. The highest BCUT2D eigenvalue weighted by Gasteiger charge is 2.22. The quantitative estimate of drug-likeness (QED) is 0.831. The molecule has 3 nitrogen and oxygen atoms in total. The lowest BCUT2D eigenvalue weighted by molar-refractivity contribution is 0.0956. The first-order valence-electron chi connectivity index (χ1n) is 6.60. The number of carbonyl (C=O) groups excluding carboxylic acids is 1. The molecular formula is C15H21NO2. The SMILES string of the molecule is COc1ccccc1C(=O)CC1CC(C)CCN1. The van der Waals surface area contributed by atoms with E-state index in [9.17, 15) is 4.79 Å². The van der Waals surface area contributed by atoms with E-state index in [0.29, 0.717) is 29.7 Å². The Hall–Kier alpha value is -1.35. The molecule has 0 bridgehead atoms. The van der Waals surface area contributed by atoms with Gasteiger partial charge in [-0.25, -0.2) is 0 Å². The van der Waals surface area contributed by atoms with Crippen LogP contribution in [-0.4, -0.2) is 25.5 Å². The zero-order valence-corrected chi connectivity index (χ0v) is 11.1. The van der Waals surface area contributed by atoms with Gasteiger partial charge in [0.15, 0.2) is 5.78 Å². The van der Waals surface area contributed by atoms with Crippen LogP contribution in [0.5, 0.6) is 5.75 Å². The summed E-state index contributed by atoms with van der Waals surface area (Å²) in [5.74, 6) is 1.55. The molecule has 98 valence electrons. The van der Waals surface area contributed by atoms with Gasteiger partial charge in [0.1, 0.15) is 5.75 Å². The molecule has 0 aromatic heterocycles. The van der Waals surface area contributed by atoms with Gasteiger partial charge in [-0.2, -0.15) is 0 Å². The minimum absolute atomic E-state index is 0.166. The second-order valence-electron chi connectivity index (χ2n) is 5.11. The van der Waals surface area contributed by atoms with Gasteiger partial charge in [0.2, 0.25) is 0 Å². The number of benzene rings is 1. The number of ketones is 1. The van der Waals surface area contributed by atoms with E-state index >= 15 is 0 Å². The number of hydrogen-bond acceptors (Lipinski definition) is 3. The fourth-order valence-corrected chi connectivity index (χ4v) is 2.58. The third-order valence-electron chi connectivity index (χ3n) is 3.60. The third kappa shape index (κ3) is 3.10. The van der Waals surface area contributed by atoms with Gasteiger partial charge in [-0.15, -0.1) is 0 Å². The highest BCUT2D eigenvalue weighted by atomic mass is 16.5. The fraction of sp³-hybridized carbons (Fsp3) is 0.533. The first-order valence-corrected chi connectivity index (χ1v) is 6.60. The van der Waals surface area contributed by atoms with Crippen molar-refractivity contribution in [3.63, 3.8) is 0 Å². The lowest BCUT2D eigenvalue weighted by atomic mass is 9.90. The molecule has 0 radical (unpaired) electrons. The first kappa shape index (κ1) is 13.1. The molecule has 3 heteroatoms. The van der Waals surface area contributed by atoms with Gasteiger partial charge < -0.3 is 10.1 Å². The number of piperidine rings is 1. The third-order valence-corrected chi connectivity index (χ3v) is 3.60. The van der Waals surface area contributed by atoms with Crippen LogP contribution in [0.25, 0.3) is 0 Å². The van der Waals surface area contributed by atoms with E-state index in [2.05, 4.69) is 12.2 Å². The van der Waals surface area contributed by atoms with Crippen LogP contribution in [-0.2, 0) is 0 Å². The minimum atomic E-state index is 0.166. The van der Waals surface area contributed by atoms with E-state index in [0.717, 1.165) is 13.0 Å². The average molecular weight is 247 g/mol. The van der Waals surface area contributed by atoms with E-state index < -0.39 is 0 Å². The molecule has 1 aliphatic rings. The summed E-state index contributed by atoms with van der Waals surface area (Å²) in [5.41, 5.74) is 0.694. The van der Waals surface area contributed by atoms with Crippen molar-refractivity contribution in [2.75, 3.05) is 13.7 Å². The Kier molecular flexibility index (Phi) is 4.37. The molecule has 1 saturated heterocycles. The lowest BCUT2D eigenvalue weighted by Gasteiger charge is -2.27. The molecule has 0 spiro atoms. The summed E-state index contributed by atoms with van der Waals surface area (Å²) >= 11 is 0. The van der Waals surface area contributed by atoms with Crippen molar-refractivity contribution in [2.45, 2.75) is 32.2 Å². The van der Waals surface area contributed by atoms with Gasteiger partial charge >= 0.3 is 0 Å². The van der Waals surface area contributed by atoms with Crippen molar-refractivity contribution in [1.29, 1.82) is 0 Å². The Balaban J connectivity index is 2.03. The second kappa shape index (κ2) is 6.01. The van der Waals surface area contributed by atoms with Gasteiger partial charge in [0.05, 0.1) is 12.7 Å². The van der Waals surface area contributed by atoms with Crippen LogP contribution >= 0.6 is 0 Å². The molecule has 2 unspecified atom stereocenters. The number of methoxy groups -OCH3 is 1. The largest absolute Gasteiger partial charge is 0.496 e. The van der Waals surface area contributed by atoms with E-state index in [4.69, 9.17) is 4.74 Å². The zero-order chi connectivity index (χ0) is 13.0. The van der Waals surface area contributed by atoms with E-state index in [1.165, 1.54) is 6.42 Å². The van der Waals surface area contributed by atoms with Crippen molar-refractivity contribution in [3.05, 3.63) is 29.8 Å². The maximum atomic E-state index is 12.3. The molecule has 18 heavy (non-hydrogen) atoms. The minimum Gasteiger partial charge on any atom is -0.496 e. The number of nitrogens with one attached hydrogen (secondary N) is 1. The van der Waals surface area contributed by atoms with Crippen LogP contribution in [0.4, 0.5) is 0 Å². The molecule has 2 rings (SSSR count). The van der Waals surface area contributed by atoms with Crippen LogP contribution in [0.1, 0.15) is 36.5 Å². The van der Waals surface area contributed by atoms with Crippen molar-refractivity contribution in [3.8, 4) is 5.75 Å². The van der Waals surface area contributed by atoms with Crippen molar-refractivity contribution >= 4 is 5.78 Å². The summed E-state index contributed by atoms with van der Waals surface area (Å²) < 4.78 is 5.24. The molecule has 1 aliphatic heterocycles. The molecule has 1 N–H and O–H groups in total. The van der Waals surface area contributed by atoms with Crippen molar-refractivity contribution in [1.82, 2.24) is 5.32 Å². The number of ether oxygens (including phenoxy) is 1. The normalized spacial score (nSPS) is 23.7. The molecule has 1 heterocycles. The van der Waals surface area contributed by atoms with E-state index in [-0.39, 0.29) is 5.78 Å². The van der Waals surface area contributed by atoms with Gasteiger partial charge in [-0.1, -0.05) is 19.1 Å². The summed E-state index contributed by atoms with van der Waals surface area (Å²) in [4.78, 5) is 12.3. The monoisotopic (exact) mass is 247 g/mol. The number of carbonyl (C=O) groups is 1.